The van der Waals surface area contributed by atoms with Crippen molar-refractivity contribution in [2.45, 2.75) is 69.6 Å². The molecule has 0 amide bonds. The molecule has 2 atom stereocenters. The zero-order valence-corrected chi connectivity index (χ0v) is 12.1. The predicted octanol–water partition coefficient (Wildman–Crippen LogP) is 2.96. The van der Waals surface area contributed by atoms with E-state index in [2.05, 4.69) is 4.90 Å². The van der Waals surface area contributed by atoms with E-state index in [0.717, 1.165) is 12.3 Å². The van der Waals surface area contributed by atoms with E-state index >= 15 is 0 Å². The van der Waals surface area contributed by atoms with E-state index in [1.165, 1.54) is 51.4 Å². The van der Waals surface area contributed by atoms with Gasteiger partial charge in [-0.25, -0.2) is 14.7 Å². The van der Waals surface area contributed by atoms with Gasteiger partial charge in [0.25, 0.3) is 0 Å². The van der Waals surface area contributed by atoms with Crippen LogP contribution in [-0.4, -0.2) is 30.2 Å². The van der Waals surface area contributed by atoms with Gasteiger partial charge in [-0.3, -0.25) is 0 Å². The van der Waals surface area contributed by atoms with Gasteiger partial charge in [0.2, 0.25) is 5.79 Å². The van der Waals surface area contributed by atoms with Crippen molar-refractivity contribution < 1.29 is 19.6 Å². The molecule has 114 valence electrons. The lowest BCUT2D eigenvalue weighted by molar-refractivity contribution is -0.550. The molecule has 4 fully saturated rings. The van der Waals surface area contributed by atoms with Crippen molar-refractivity contribution in [3.63, 3.8) is 0 Å². The van der Waals surface area contributed by atoms with E-state index < -0.39 is 5.79 Å². The average molecular weight is 283 g/mol. The minimum atomic E-state index is -0.623. The first-order valence-corrected chi connectivity index (χ1v) is 8.21. The van der Waals surface area contributed by atoms with Crippen LogP contribution in [-0.2, 0) is 19.6 Å². The number of nitrogens with zero attached hydrogens (tertiary/aromatic N) is 1. The van der Waals surface area contributed by atoms with E-state index in [4.69, 9.17) is 19.6 Å². The Kier molecular flexibility index (Phi) is 3.73. The molecule has 0 aromatic rings. The third-order valence-electron chi connectivity index (χ3n) is 5.66. The molecule has 5 nitrogen and oxygen atoms in total. The topological polar surface area (TPSA) is 40.2 Å². The van der Waals surface area contributed by atoms with E-state index in [1.54, 1.807) is 0 Å². The van der Waals surface area contributed by atoms with E-state index in [0.29, 0.717) is 25.4 Å². The van der Waals surface area contributed by atoms with E-state index in [1.807, 2.05) is 0 Å². The molecule has 0 aromatic carbocycles. The zero-order valence-electron chi connectivity index (χ0n) is 12.1. The van der Waals surface area contributed by atoms with Crippen LogP contribution in [0.5, 0.6) is 0 Å². The molecule has 20 heavy (non-hydrogen) atoms. The van der Waals surface area contributed by atoms with Crippen molar-refractivity contribution in [1.29, 1.82) is 0 Å². The molecule has 1 spiro atoms. The van der Waals surface area contributed by atoms with Gasteiger partial charge in [0.05, 0.1) is 0 Å². The molecular formula is C15H25NO4. The van der Waals surface area contributed by atoms with Crippen molar-refractivity contribution in [1.82, 2.24) is 4.90 Å². The Bertz CT molecular complexity index is 335. The van der Waals surface area contributed by atoms with Crippen LogP contribution in [0, 0.1) is 11.8 Å². The van der Waals surface area contributed by atoms with Crippen LogP contribution in [0.2, 0.25) is 0 Å². The smallest absolute Gasteiger partial charge is 0.237 e. The predicted molar refractivity (Wildman–Crippen MR) is 71.0 cm³/mol. The Morgan fingerprint density at radius 2 is 1.60 bits per heavy atom. The molecule has 1 aliphatic heterocycles. The fourth-order valence-electron chi connectivity index (χ4n) is 4.53. The summed E-state index contributed by atoms with van der Waals surface area (Å²) in [7, 11) is 0. The summed E-state index contributed by atoms with van der Waals surface area (Å²) in [5.41, 5.74) is 0. The van der Waals surface area contributed by atoms with Crippen molar-refractivity contribution in [2.75, 3.05) is 13.5 Å². The molecule has 1 heterocycles. The summed E-state index contributed by atoms with van der Waals surface area (Å²) in [6, 6.07) is 0.546. The Labute approximate surface area is 120 Å². The summed E-state index contributed by atoms with van der Waals surface area (Å²) in [6.45, 7) is 0.986. The second-order valence-electron chi connectivity index (χ2n) is 6.93. The van der Waals surface area contributed by atoms with Gasteiger partial charge in [-0.2, -0.15) is 9.78 Å². The highest BCUT2D eigenvalue weighted by atomic mass is 17.3. The first kappa shape index (κ1) is 13.5. The molecule has 4 rings (SSSR count). The van der Waals surface area contributed by atoms with Gasteiger partial charge in [-0.15, -0.1) is 0 Å². The van der Waals surface area contributed by atoms with Gasteiger partial charge in [0, 0.05) is 18.4 Å². The quantitative estimate of drug-likeness (QED) is 0.692. The lowest BCUT2D eigenvalue weighted by atomic mass is 9.94. The molecule has 2 unspecified atom stereocenters. The number of rotatable bonds is 1. The van der Waals surface area contributed by atoms with Gasteiger partial charge in [0.1, 0.15) is 13.5 Å². The van der Waals surface area contributed by atoms with Crippen LogP contribution in [0.4, 0.5) is 0 Å². The van der Waals surface area contributed by atoms with Crippen LogP contribution >= 0.6 is 0 Å². The van der Waals surface area contributed by atoms with E-state index in [-0.39, 0.29) is 0 Å². The Hall–Kier alpha value is -0.200. The van der Waals surface area contributed by atoms with Gasteiger partial charge >= 0.3 is 0 Å². The van der Waals surface area contributed by atoms with Crippen LogP contribution in [0.1, 0.15) is 57.8 Å². The van der Waals surface area contributed by atoms with E-state index in [9.17, 15) is 0 Å². The minimum absolute atomic E-state index is 0.439. The normalized spacial score (nSPS) is 39.0. The van der Waals surface area contributed by atoms with Crippen molar-refractivity contribution in [3.8, 4) is 0 Å². The van der Waals surface area contributed by atoms with Crippen molar-refractivity contribution in [3.05, 3.63) is 0 Å². The van der Waals surface area contributed by atoms with Crippen LogP contribution in [0.15, 0.2) is 0 Å². The Balaban J connectivity index is 1.36. The lowest BCUT2D eigenvalue weighted by Crippen LogP contribution is -2.48. The first-order valence-electron chi connectivity index (χ1n) is 8.21. The highest BCUT2D eigenvalue weighted by Crippen LogP contribution is 2.53. The van der Waals surface area contributed by atoms with Gasteiger partial charge in [0.15, 0.2) is 0 Å². The van der Waals surface area contributed by atoms with Crippen molar-refractivity contribution in [2.24, 2.45) is 11.8 Å². The van der Waals surface area contributed by atoms with Gasteiger partial charge in [-0.1, -0.05) is 19.3 Å². The van der Waals surface area contributed by atoms with Crippen LogP contribution in [0.25, 0.3) is 0 Å². The summed E-state index contributed by atoms with van der Waals surface area (Å²) in [6.07, 6.45) is 11.0. The monoisotopic (exact) mass is 283 g/mol. The minimum Gasteiger partial charge on any atom is -0.249 e. The van der Waals surface area contributed by atoms with Gasteiger partial charge < -0.3 is 0 Å². The summed E-state index contributed by atoms with van der Waals surface area (Å²) >= 11 is 0. The maximum Gasteiger partial charge on any atom is 0.237 e. The van der Waals surface area contributed by atoms with Crippen LogP contribution < -0.4 is 0 Å². The standard InChI is InChI=1S/C15H25NO4/c1-2-4-14(5-3-1)16-10-17-19-15(20-18-11-16)9-12-6-7-13(15)8-12/h12-14H,1-11H2. The van der Waals surface area contributed by atoms with Gasteiger partial charge in [-0.05, 0) is 38.0 Å². The molecule has 5 heteroatoms. The molecule has 1 saturated heterocycles. The molecule has 3 aliphatic carbocycles. The number of fused-ring (bicyclic) bond motifs is 3. The molecule has 3 saturated carbocycles. The summed E-state index contributed by atoms with van der Waals surface area (Å²) in [5.74, 6) is 0.538. The molecule has 0 aromatic heterocycles. The SMILES string of the molecule is C1CCC(N2COOC3(CC4CCC3C4)OOC2)CC1. The molecule has 0 radical (unpaired) electrons. The summed E-state index contributed by atoms with van der Waals surface area (Å²) in [5, 5.41) is 0. The fraction of sp³-hybridized carbons (Fsp3) is 1.00. The van der Waals surface area contributed by atoms with Crippen LogP contribution in [0.3, 0.4) is 0 Å². The molecule has 2 bridgehead atoms. The Morgan fingerprint density at radius 3 is 2.20 bits per heavy atom. The highest BCUT2D eigenvalue weighted by Gasteiger charge is 2.56. The largest absolute Gasteiger partial charge is 0.249 e. The second-order valence-corrected chi connectivity index (χ2v) is 6.93. The summed E-state index contributed by atoms with van der Waals surface area (Å²) < 4.78 is 0. The average Bonchev–Trinajstić information content (AvgIpc) is 3.05. The highest BCUT2D eigenvalue weighted by molar-refractivity contribution is 4.96. The lowest BCUT2D eigenvalue weighted by Gasteiger charge is -2.39. The third-order valence-corrected chi connectivity index (χ3v) is 5.66. The maximum absolute atomic E-state index is 5.70. The second kappa shape index (κ2) is 5.54. The number of hydrogen-bond acceptors (Lipinski definition) is 5. The maximum atomic E-state index is 5.70. The number of hydrogen-bond donors (Lipinski definition) is 0. The zero-order chi connectivity index (χ0) is 13.4. The molecule has 0 N–H and O–H groups in total. The third kappa shape index (κ3) is 2.40. The molecular weight excluding hydrogens is 258 g/mol. The molecule has 4 aliphatic rings. The van der Waals surface area contributed by atoms with Crippen molar-refractivity contribution >= 4 is 0 Å². The first-order chi connectivity index (χ1) is 9.86. The Morgan fingerprint density at radius 1 is 0.850 bits per heavy atom. The fourth-order valence-corrected chi connectivity index (χ4v) is 4.53. The summed E-state index contributed by atoms with van der Waals surface area (Å²) in [4.78, 5) is 24.7.